The molecule has 0 amide bonds. The van der Waals surface area contributed by atoms with Crippen LogP contribution in [0, 0.1) is 6.92 Å². The average Bonchev–Trinajstić information content (AvgIpc) is 2.55. The van der Waals surface area contributed by atoms with Crippen LogP contribution in [0.4, 0.5) is 0 Å². The van der Waals surface area contributed by atoms with Crippen LogP contribution in [0.15, 0.2) is 72.1 Å². The number of hydrogen-bond acceptors (Lipinski definition) is 3. The van der Waals surface area contributed by atoms with Gasteiger partial charge < -0.3 is 5.11 Å². The molecule has 2 aromatic rings. The molecule has 2 N–H and O–H groups in total. The molecule has 0 bridgehead atoms. The first kappa shape index (κ1) is 17.4. The van der Waals surface area contributed by atoms with Gasteiger partial charge in [0, 0.05) is 6.04 Å². The molecule has 0 saturated heterocycles. The van der Waals surface area contributed by atoms with E-state index in [2.05, 4.69) is 11.3 Å². The van der Waals surface area contributed by atoms with Gasteiger partial charge in [0.25, 0.3) is 0 Å². The first-order valence-corrected chi connectivity index (χ1v) is 8.85. The average molecular weight is 331 g/mol. The molecule has 5 heteroatoms. The topological polar surface area (TPSA) is 66.4 Å². The van der Waals surface area contributed by atoms with Gasteiger partial charge >= 0.3 is 0 Å². The van der Waals surface area contributed by atoms with Crippen LogP contribution in [-0.2, 0) is 10.0 Å². The number of aliphatic hydroxyl groups excluding tert-OH is 1. The number of rotatable bonds is 7. The molecule has 0 saturated carbocycles. The Hall–Kier alpha value is -1.95. The second kappa shape index (κ2) is 7.55. The van der Waals surface area contributed by atoms with Crippen molar-refractivity contribution in [3.05, 3.63) is 78.4 Å². The zero-order valence-corrected chi connectivity index (χ0v) is 13.8. The van der Waals surface area contributed by atoms with Crippen LogP contribution in [0.1, 0.15) is 23.7 Å². The highest BCUT2D eigenvalue weighted by Gasteiger charge is 2.21. The monoisotopic (exact) mass is 331 g/mol. The summed E-state index contributed by atoms with van der Waals surface area (Å²) in [7, 11) is -3.65. The zero-order chi connectivity index (χ0) is 16.9. The zero-order valence-electron chi connectivity index (χ0n) is 13.0. The van der Waals surface area contributed by atoms with Gasteiger partial charge in [0.15, 0.2) is 0 Å². The van der Waals surface area contributed by atoms with Crippen molar-refractivity contribution in [1.29, 1.82) is 0 Å². The van der Waals surface area contributed by atoms with Crippen LogP contribution in [0.2, 0.25) is 0 Å². The molecule has 122 valence electrons. The molecular formula is C18H21NO3S. The van der Waals surface area contributed by atoms with Crippen molar-refractivity contribution in [1.82, 2.24) is 4.72 Å². The molecule has 0 aliphatic carbocycles. The number of aliphatic hydroxyl groups is 1. The number of sulfonamides is 1. The summed E-state index contributed by atoms with van der Waals surface area (Å²) in [5, 5.41) is 10.2. The normalized spacial score (nSPS) is 14.2. The first-order valence-electron chi connectivity index (χ1n) is 7.37. The minimum Gasteiger partial charge on any atom is -0.388 e. The number of aryl methyl sites for hydroxylation is 1. The van der Waals surface area contributed by atoms with Crippen molar-refractivity contribution in [2.45, 2.75) is 30.4 Å². The van der Waals surface area contributed by atoms with Gasteiger partial charge in [-0.1, -0.05) is 54.1 Å². The van der Waals surface area contributed by atoms with Crippen molar-refractivity contribution in [3.63, 3.8) is 0 Å². The number of hydrogen-bond donors (Lipinski definition) is 2. The summed E-state index contributed by atoms with van der Waals surface area (Å²) in [5.74, 6) is 0. The van der Waals surface area contributed by atoms with E-state index in [-0.39, 0.29) is 11.3 Å². The second-order valence-electron chi connectivity index (χ2n) is 5.44. The highest BCUT2D eigenvalue weighted by Crippen LogP contribution is 2.19. The predicted molar refractivity (Wildman–Crippen MR) is 91.5 cm³/mol. The molecule has 2 atom stereocenters. The van der Waals surface area contributed by atoms with Gasteiger partial charge in [-0.15, -0.1) is 6.58 Å². The Balaban J connectivity index is 2.09. The van der Waals surface area contributed by atoms with Crippen LogP contribution in [0.5, 0.6) is 0 Å². The maximum Gasteiger partial charge on any atom is 0.241 e. The molecule has 0 heterocycles. The van der Waals surface area contributed by atoms with Crippen LogP contribution in [0.3, 0.4) is 0 Å². The smallest absolute Gasteiger partial charge is 0.241 e. The summed E-state index contributed by atoms with van der Waals surface area (Å²) in [6.45, 7) is 5.56. The summed E-state index contributed by atoms with van der Waals surface area (Å²) in [4.78, 5) is 0.198. The fourth-order valence-corrected chi connectivity index (χ4v) is 3.45. The fourth-order valence-electron chi connectivity index (χ4n) is 2.23. The van der Waals surface area contributed by atoms with Crippen LogP contribution in [0.25, 0.3) is 0 Å². The van der Waals surface area contributed by atoms with E-state index in [1.165, 1.54) is 6.08 Å². The van der Waals surface area contributed by atoms with Crippen LogP contribution < -0.4 is 4.72 Å². The molecule has 4 nitrogen and oxygen atoms in total. The largest absolute Gasteiger partial charge is 0.388 e. The SMILES string of the molecule is C=C[C@H](C[C@H](O)c1ccccc1)NS(=O)(=O)c1ccc(C)cc1. The lowest BCUT2D eigenvalue weighted by Crippen LogP contribution is -2.34. The molecule has 0 unspecified atom stereocenters. The highest BCUT2D eigenvalue weighted by molar-refractivity contribution is 7.89. The van der Waals surface area contributed by atoms with Gasteiger partial charge in [0.2, 0.25) is 10.0 Å². The molecule has 0 aromatic heterocycles. The van der Waals surface area contributed by atoms with E-state index in [9.17, 15) is 13.5 Å². The molecule has 0 aliphatic heterocycles. The van der Waals surface area contributed by atoms with Gasteiger partial charge in [-0.25, -0.2) is 13.1 Å². The third-order valence-electron chi connectivity index (χ3n) is 3.58. The minimum absolute atomic E-state index is 0.198. The summed E-state index contributed by atoms with van der Waals surface area (Å²) in [6, 6.07) is 15.2. The Kier molecular flexibility index (Phi) is 5.71. The fraction of sp³-hybridized carbons (Fsp3) is 0.222. The standard InChI is InChI=1S/C18H21NO3S/c1-3-16(13-18(20)15-7-5-4-6-8-15)19-23(21,22)17-11-9-14(2)10-12-17/h3-12,16,18-20H,1,13H2,2H3/t16-,18+/m1/s1. The van der Waals surface area contributed by atoms with Gasteiger partial charge in [-0.3, -0.25) is 0 Å². The first-order chi connectivity index (χ1) is 10.9. The lowest BCUT2D eigenvalue weighted by molar-refractivity contribution is 0.161. The van der Waals surface area contributed by atoms with E-state index in [4.69, 9.17) is 0 Å². The lowest BCUT2D eigenvalue weighted by Gasteiger charge is -2.19. The molecule has 0 spiro atoms. The maximum absolute atomic E-state index is 12.4. The molecule has 0 fully saturated rings. The molecule has 2 aromatic carbocycles. The Labute approximate surface area is 137 Å². The van der Waals surface area contributed by atoms with E-state index in [1.54, 1.807) is 36.4 Å². The molecule has 0 aliphatic rings. The van der Waals surface area contributed by atoms with Crippen molar-refractivity contribution in [2.24, 2.45) is 0 Å². The van der Waals surface area contributed by atoms with Crippen LogP contribution >= 0.6 is 0 Å². The number of nitrogens with one attached hydrogen (secondary N) is 1. The van der Waals surface area contributed by atoms with Crippen molar-refractivity contribution >= 4 is 10.0 Å². The van der Waals surface area contributed by atoms with Gasteiger partial charge in [0.1, 0.15) is 0 Å². The summed E-state index contributed by atoms with van der Waals surface area (Å²) < 4.78 is 27.4. The third kappa shape index (κ3) is 4.76. The minimum atomic E-state index is -3.65. The molecular weight excluding hydrogens is 310 g/mol. The Morgan fingerprint density at radius 1 is 1.13 bits per heavy atom. The van der Waals surface area contributed by atoms with E-state index in [0.717, 1.165) is 11.1 Å². The van der Waals surface area contributed by atoms with Crippen molar-refractivity contribution < 1.29 is 13.5 Å². The van der Waals surface area contributed by atoms with Gasteiger partial charge in [0.05, 0.1) is 11.0 Å². The maximum atomic E-state index is 12.4. The third-order valence-corrected chi connectivity index (χ3v) is 5.09. The number of benzene rings is 2. The van der Waals surface area contributed by atoms with E-state index < -0.39 is 22.2 Å². The van der Waals surface area contributed by atoms with Crippen molar-refractivity contribution in [3.8, 4) is 0 Å². The summed E-state index contributed by atoms with van der Waals surface area (Å²) >= 11 is 0. The van der Waals surface area contributed by atoms with E-state index in [0.29, 0.717) is 0 Å². The lowest BCUT2D eigenvalue weighted by atomic mass is 10.0. The van der Waals surface area contributed by atoms with Gasteiger partial charge in [-0.05, 0) is 31.0 Å². The Morgan fingerprint density at radius 2 is 1.74 bits per heavy atom. The summed E-state index contributed by atoms with van der Waals surface area (Å²) in [6.07, 6.45) is 0.955. The molecule has 23 heavy (non-hydrogen) atoms. The highest BCUT2D eigenvalue weighted by atomic mass is 32.2. The molecule has 0 radical (unpaired) electrons. The van der Waals surface area contributed by atoms with Crippen molar-refractivity contribution in [2.75, 3.05) is 0 Å². The Morgan fingerprint density at radius 3 is 2.30 bits per heavy atom. The van der Waals surface area contributed by atoms with E-state index >= 15 is 0 Å². The van der Waals surface area contributed by atoms with E-state index in [1.807, 2.05) is 25.1 Å². The van der Waals surface area contributed by atoms with Gasteiger partial charge in [-0.2, -0.15) is 0 Å². The quantitative estimate of drug-likeness (QED) is 0.767. The summed E-state index contributed by atoms with van der Waals surface area (Å²) in [5.41, 5.74) is 1.73. The Bertz CT molecular complexity index is 740. The second-order valence-corrected chi connectivity index (χ2v) is 7.15. The van der Waals surface area contributed by atoms with Crippen LogP contribution in [-0.4, -0.2) is 19.6 Å². The predicted octanol–water partition coefficient (Wildman–Crippen LogP) is 2.95. The molecule has 2 rings (SSSR count).